The van der Waals surface area contributed by atoms with Crippen molar-refractivity contribution in [2.75, 3.05) is 5.75 Å². The van der Waals surface area contributed by atoms with Crippen molar-refractivity contribution in [3.05, 3.63) is 24.5 Å². The van der Waals surface area contributed by atoms with E-state index in [4.69, 9.17) is 0 Å². The summed E-state index contributed by atoms with van der Waals surface area (Å²) in [4.78, 5) is 4.07. The first-order chi connectivity index (χ1) is 7.33. The van der Waals surface area contributed by atoms with Crippen LogP contribution in [0.15, 0.2) is 29.7 Å². The Morgan fingerprint density at radius 3 is 2.93 bits per heavy atom. The van der Waals surface area contributed by atoms with Gasteiger partial charge in [-0.1, -0.05) is 18.7 Å². The summed E-state index contributed by atoms with van der Waals surface area (Å²) in [5.41, 5.74) is 0.996. The topological polar surface area (TPSA) is 43.6 Å². The predicted molar refractivity (Wildman–Crippen MR) is 60.6 cm³/mol. The maximum absolute atomic E-state index is 4.16. The Morgan fingerprint density at radius 2 is 2.27 bits per heavy atom. The Morgan fingerprint density at radius 1 is 1.40 bits per heavy atom. The van der Waals surface area contributed by atoms with Gasteiger partial charge in [-0.25, -0.2) is 0 Å². The van der Waals surface area contributed by atoms with Crippen LogP contribution in [-0.4, -0.2) is 25.5 Å². The third-order valence-electron chi connectivity index (χ3n) is 2.03. The van der Waals surface area contributed by atoms with Gasteiger partial charge in [-0.15, -0.1) is 10.2 Å². The lowest BCUT2D eigenvalue weighted by Gasteiger charge is -2.01. The van der Waals surface area contributed by atoms with Crippen molar-refractivity contribution in [2.45, 2.75) is 12.1 Å². The van der Waals surface area contributed by atoms with E-state index in [0.717, 1.165) is 22.3 Å². The van der Waals surface area contributed by atoms with Crippen LogP contribution in [0.1, 0.15) is 6.92 Å². The van der Waals surface area contributed by atoms with Crippen LogP contribution in [0.5, 0.6) is 0 Å². The molecule has 0 N–H and O–H groups in total. The molecule has 2 aromatic heterocycles. The minimum atomic E-state index is 0.860. The molecule has 2 rings (SSSR count). The minimum absolute atomic E-state index is 0.860. The minimum Gasteiger partial charge on any atom is -0.305 e. The normalized spacial score (nSPS) is 10.5. The lowest BCUT2D eigenvalue weighted by atomic mass is 10.3. The summed E-state index contributed by atoms with van der Waals surface area (Å²) in [6.07, 6.45) is 3.55. The van der Waals surface area contributed by atoms with Crippen molar-refractivity contribution in [2.24, 2.45) is 7.05 Å². The molecule has 0 atom stereocenters. The fourth-order valence-electron chi connectivity index (χ4n) is 1.32. The number of hydrogen-bond acceptors (Lipinski definition) is 4. The SMILES string of the molecule is CCSc1nnc(-c2cccnc2)n1C. The van der Waals surface area contributed by atoms with Gasteiger partial charge in [-0.3, -0.25) is 4.98 Å². The zero-order valence-electron chi connectivity index (χ0n) is 8.71. The number of rotatable bonds is 3. The molecular weight excluding hydrogens is 208 g/mol. The summed E-state index contributed by atoms with van der Waals surface area (Å²) < 4.78 is 1.99. The number of pyridine rings is 1. The molecule has 0 bridgehead atoms. The van der Waals surface area contributed by atoms with E-state index < -0.39 is 0 Å². The molecule has 78 valence electrons. The highest BCUT2D eigenvalue weighted by molar-refractivity contribution is 7.99. The van der Waals surface area contributed by atoms with E-state index in [-0.39, 0.29) is 0 Å². The monoisotopic (exact) mass is 220 g/mol. The molecule has 0 spiro atoms. The zero-order valence-corrected chi connectivity index (χ0v) is 9.53. The van der Waals surface area contributed by atoms with Gasteiger partial charge < -0.3 is 4.57 Å². The van der Waals surface area contributed by atoms with Crippen LogP contribution in [0, 0.1) is 0 Å². The average Bonchev–Trinajstić information content (AvgIpc) is 2.63. The van der Waals surface area contributed by atoms with E-state index in [0.29, 0.717) is 0 Å². The Bertz CT molecular complexity index is 438. The fraction of sp³-hybridized carbons (Fsp3) is 0.300. The molecular formula is C10H12N4S. The highest BCUT2D eigenvalue weighted by Gasteiger charge is 2.09. The second kappa shape index (κ2) is 4.44. The standard InChI is InChI=1S/C10H12N4S/c1-3-15-10-13-12-9(14(10)2)8-5-4-6-11-7-8/h4-7H,3H2,1-2H3. The molecule has 5 heteroatoms. The quantitative estimate of drug-likeness (QED) is 0.742. The molecule has 0 aliphatic rings. The molecule has 0 unspecified atom stereocenters. The van der Waals surface area contributed by atoms with E-state index in [9.17, 15) is 0 Å². The second-order valence-electron chi connectivity index (χ2n) is 3.04. The van der Waals surface area contributed by atoms with Crippen LogP contribution in [-0.2, 0) is 7.05 Å². The summed E-state index contributed by atoms with van der Waals surface area (Å²) >= 11 is 1.69. The van der Waals surface area contributed by atoms with Gasteiger partial charge in [0.05, 0.1) is 0 Å². The Balaban J connectivity index is 2.38. The lowest BCUT2D eigenvalue weighted by Crippen LogP contribution is -1.94. The smallest absolute Gasteiger partial charge is 0.191 e. The molecule has 0 aliphatic heterocycles. The van der Waals surface area contributed by atoms with Crippen LogP contribution < -0.4 is 0 Å². The highest BCUT2D eigenvalue weighted by Crippen LogP contribution is 2.21. The Kier molecular flexibility index (Phi) is 3.01. The van der Waals surface area contributed by atoms with Crippen molar-refractivity contribution in [3.63, 3.8) is 0 Å². The molecule has 4 nitrogen and oxygen atoms in total. The Hall–Kier alpha value is -1.36. The summed E-state index contributed by atoms with van der Waals surface area (Å²) in [7, 11) is 1.97. The van der Waals surface area contributed by atoms with E-state index in [1.54, 1.807) is 24.2 Å². The Labute approximate surface area is 92.8 Å². The molecule has 0 amide bonds. The third-order valence-corrected chi connectivity index (χ3v) is 2.93. The third kappa shape index (κ3) is 2.02. The summed E-state index contributed by atoms with van der Waals surface area (Å²) in [5, 5.41) is 9.23. The first-order valence-corrected chi connectivity index (χ1v) is 5.74. The summed E-state index contributed by atoms with van der Waals surface area (Å²) in [5.74, 6) is 1.86. The van der Waals surface area contributed by atoms with Gasteiger partial charge in [-0.2, -0.15) is 0 Å². The van der Waals surface area contributed by atoms with Crippen LogP contribution >= 0.6 is 11.8 Å². The highest BCUT2D eigenvalue weighted by atomic mass is 32.2. The van der Waals surface area contributed by atoms with E-state index >= 15 is 0 Å². The molecule has 2 heterocycles. The largest absolute Gasteiger partial charge is 0.305 e. The number of hydrogen-bond donors (Lipinski definition) is 0. The van der Waals surface area contributed by atoms with Crippen molar-refractivity contribution in [1.82, 2.24) is 19.7 Å². The molecule has 0 saturated heterocycles. The van der Waals surface area contributed by atoms with Gasteiger partial charge in [0.25, 0.3) is 0 Å². The van der Waals surface area contributed by atoms with Gasteiger partial charge in [0, 0.05) is 25.0 Å². The van der Waals surface area contributed by atoms with E-state index in [2.05, 4.69) is 22.1 Å². The molecule has 15 heavy (non-hydrogen) atoms. The maximum Gasteiger partial charge on any atom is 0.191 e. The van der Waals surface area contributed by atoms with Crippen molar-refractivity contribution >= 4 is 11.8 Å². The molecule has 2 aromatic rings. The maximum atomic E-state index is 4.16. The zero-order chi connectivity index (χ0) is 10.7. The molecule has 0 fully saturated rings. The van der Waals surface area contributed by atoms with Crippen LogP contribution in [0.2, 0.25) is 0 Å². The molecule has 0 aliphatic carbocycles. The second-order valence-corrected chi connectivity index (χ2v) is 4.27. The van der Waals surface area contributed by atoms with E-state index in [1.807, 2.05) is 23.7 Å². The average molecular weight is 220 g/mol. The molecule has 0 radical (unpaired) electrons. The number of nitrogens with zero attached hydrogens (tertiary/aromatic N) is 4. The van der Waals surface area contributed by atoms with Crippen LogP contribution in [0.25, 0.3) is 11.4 Å². The van der Waals surface area contributed by atoms with E-state index in [1.165, 1.54) is 0 Å². The summed E-state index contributed by atoms with van der Waals surface area (Å²) in [6, 6.07) is 3.88. The first-order valence-electron chi connectivity index (χ1n) is 4.75. The van der Waals surface area contributed by atoms with Gasteiger partial charge in [-0.05, 0) is 17.9 Å². The molecule has 0 aromatic carbocycles. The first kappa shape index (κ1) is 10.2. The molecule has 0 saturated carbocycles. The predicted octanol–water partition coefficient (Wildman–Crippen LogP) is 1.99. The number of aromatic nitrogens is 4. The van der Waals surface area contributed by atoms with Crippen molar-refractivity contribution in [3.8, 4) is 11.4 Å². The van der Waals surface area contributed by atoms with Crippen molar-refractivity contribution < 1.29 is 0 Å². The van der Waals surface area contributed by atoms with Crippen LogP contribution in [0.3, 0.4) is 0 Å². The van der Waals surface area contributed by atoms with Gasteiger partial charge in [0.15, 0.2) is 11.0 Å². The fourth-order valence-corrected chi connectivity index (χ4v) is 1.95. The summed E-state index contributed by atoms with van der Waals surface area (Å²) in [6.45, 7) is 2.10. The van der Waals surface area contributed by atoms with Gasteiger partial charge in [0.1, 0.15) is 0 Å². The van der Waals surface area contributed by atoms with Crippen LogP contribution in [0.4, 0.5) is 0 Å². The number of thioether (sulfide) groups is 1. The van der Waals surface area contributed by atoms with Gasteiger partial charge >= 0.3 is 0 Å². The van der Waals surface area contributed by atoms with Gasteiger partial charge in [0.2, 0.25) is 0 Å². The lowest BCUT2D eigenvalue weighted by molar-refractivity contribution is 0.794. The van der Waals surface area contributed by atoms with Crippen molar-refractivity contribution in [1.29, 1.82) is 0 Å².